The van der Waals surface area contributed by atoms with Gasteiger partial charge < -0.3 is 18.9 Å². The second-order valence-corrected chi connectivity index (χ2v) is 5.84. The van der Waals surface area contributed by atoms with Crippen LogP contribution in [0.25, 0.3) is 10.9 Å². The van der Waals surface area contributed by atoms with E-state index in [-0.39, 0.29) is 13.2 Å². The molecule has 6 heteroatoms. The largest absolute Gasteiger partial charge is 0.497 e. The highest BCUT2D eigenvalue weighted by molar-refractivity contribution is 5.95. The van der Waals surface area contributed by atoms with Crippen molar-refractivity contribution in [2.75, 3.05) is 27.4 Å². The van der Waals surface area contributed by atoms with Crippen molar-refractivity contribution in [1.82, 2.24) is 4.98 Å². The van der Waals surface area contributed by atoms with Crippen molar-refractivity contribution in [3.8, 4) is 17.2 Å². The molecule has 140 valence electrons. The lowest BCUT2D eigenvalue weighted by atomic mass is 10.1. The topological polar surface area (TPSA) is 66.9 Å². The van der Waals surface area contributed by atoms with Crippen LogP contribution in [0.4, 0.5) is 0 Å². The van der Waals surface area contributed by atoms with Crippen LogP contribution in [0, 0.1) is 6.92 Å². The van der Waals surface area contributed by atoms with Crippen molar-refractivity contribution in [3.05, 3.63) is 59.8 Å². The Labute approximate surface area is 157 Å². The van der Waals surface area contributed by atoms with Gasteiger partial charge in [-0.25, -0.2) is 4.79 Å². The Hall–Kier alpha value is -3.28. The third-order valence-electron chi connectivity index (χ3n) is 4.08. The number of ether oxygens (including phenoxy) is 4. The molecule has 27 heavy (non-hydrogen) atoms. The van der Waals surface area contributed by atoms with Gasteiger partial charge in [0, 0.05) is 5.39 Å². The molecule has 0 aliphatic rings. The van der Waals surface area contributed by atoms with Crippen LogP contribution in [0.1, 0.15) is 16.1 Å². The minimum absolute atomic E-state index is 0.139. The van der Waals surface area contributed by atoms with Gasteiger partial charge in [-0.1, -0.05) is 0 Å². The second-order valence-electron chi connectivity index (χ2n) is 5.84. The zero-order valence-electron chi connectivity index (χ0n) is 15.5. The quantitative estimate of drug-likeness (QED) is 0.467. The normalized spacial score (nSPS) is 10.5. The molecule has 0 fully saturated rings. The summed E-state index contributed by atoms with van der Waals surface area (Å²) in [4.78, 5) is 16.9. The summed E-state index contributed by atoms with van der Waals surface area (Å²) in [5.74, 6) is 1.72. The second kappa shape index (κ2) is 8.40. The number of aromatic nitrogens is 1. The molecular formula is C21H21NO5. The number of carbonyl (C=O) groups excluding carboxylic acids is 1. The molecule has 0 aliphatic carbocycles. The average molecular weight is 367 g/mol. The van der Waals surface area contributed by atoms with E-state index in [2.05, 4.69) is 4.98 Å². The monoisotopic (exact) mass is 367 g/mol. The van der Waals surface area contributed by atoms with E-state index in [0.717, 1.165) is 16.7 Å². The van der Waals surface area contributed by atoms with Crippen molar-refractivity contribution in [2.24, 2.45) is 0 Å². The Balaban J connectivity index is 1.60. The van der Waals surface area contributed by atoms with Crippen LogP contribution in [0.2, 0.25) is 0 Å². The summed E-state index contributed by atoms with van der Waals surface area (Å²) < 4.78 is 21.2. The number of fused-ring (bicyclic) bond motifs is 1. The molecular weight excluding hydrogens is 346 g/mol. The molecule has 6 nitrogen and oxygen atoms in total. The third-order valence-corrected chi connectivity index (χ3v) is 4.08. The Bertz CT molecular complexity index is 937. The number of pyridine rings is 1. The minimum Gasteiger partial charge on any atom is -0.497 e. The summed E-state index contributed by atoms with van der Waals surface area (Å²) in [6, 6.07) is 14.5. The molecule has 3 rings (SSSR count). The van der Waals surface area contributed by atoms with Gasteiger partial charge in [-0.3, -0.25) is 4.98 Å². The van der Waals surface area contributed by atoms with Crippen LogP contribution < -0.4 is 14.2 Å². The number of aryl methyl sites for hydroxylation is 1. The van der Waals surface area contributed by atoms with E-state index >= 15 is 0 Å². The molecule has 3 aromatic rings. The maximum Gasteiger partial charge on any atom is 0.340 e. The van der Waals surface area contributed by atoms with Gasteiger partial charge in [0.25, 0.3) is 0 Å². The number of hydrogen-bond acceptors (Lipinski definition) is 6. The van der Waals surface area contributed by atoms with E-state index in [0.29, 0.717) is 22.8 Å². The fourth-order valence-corrected chi connectivity index (χ4v) is 2.63. The van der Waals surface area contributed by atoms with Crippen molar-refractivity contribution in [3.63, 3.8) is 0 Å². The number of rotatable bonds is 7. The van der Waals surface area contributed by atoms with Gasteiger partial charge in [0.15, 0.2) is 0 Å². The fourth-order valence-electron chi connectivity index (χ4n) is 2.63. The Morgan fingerprint density at radius 1 is 0.889 bits per heavy atom. The number of benzene rings is 2. The predicted octanol–water partition coefficient (Wildman–Crippen LogP) is 3.80. The van der Waals surface area contributed by atoms with Gasteiger partial charge in [-0.2, -0.15) is 0 Å². The summed E-state index contributed by atoms with van der Waals surface area (Å²) in [5.41, 5.74) is 1.85. The number of nitrogens with zero attached hydrogens (tertiary/aromatic N) is 1. The molecule has 1 heterocycles. The molecule has 0 radical (unpaired) electrons. The summed E-state index contributed by atoms with van der Waals surface area (Å²) in [5, 5.41) is 0.821. The SMILES string of the molecule is COc1ccc(OCCOC(=O)c2cc3cc(OC)ccc3nc2C)cc1. The molecule has 0 spiro atoms. The standard InChI is InChI=1S/C21H21NO5/c1-14-19(13-15-12-18(25-3)8-9-20(15)22-14)21(23)27-11-10-26-17-6-4-16(24-2)5-7-17/h4-9,12-13H,10-11H2,1-3H3. The smallest absolute Gasteiger partial charge is 0.340 e. The Morgan fingerprint density at radius 3 is 2.26 bits per heavy atom. The predicted molar refractivity (Wildman–Crippen MR) is 102 cm³/mol. The van der Waals surface area contributed by atoms with E-state index in [1.54, 1.807) is 51.5 Å². The molecule has 0 saturated carbocycles. The third kappa shape index (κ3) is 4.47. The Morgan fingerprint density at radius 2 is 1.56 bits per heavy atom. The first-order valence-electron chi connectivity index (χ1n) is 8.50. The number of methoxy groups -OCH3 is 2. The molecule has 2 aromatic carbocycles. The molecule has 0 atom stereocenters. The van der Waals surface area contributed by atoms with Crippen LogP contribution in [0.15, 0.2) is 48.5 Å². The molecule has 0 aliphatic heterocycles. The van der Waals surface area contributed by atoms with Gasteiger partial charge >= 0.3 is 5.97 Å². The number of hydrogen-bond donors (Lipinski definition) is 0. The van der Waals surface area contributed by atoms with Gasteiger partial charge in [0.2, 0.25) is 0 Å². The van der Waals surface area contributed by atoms with Crippen molar-refractivity contribution < 1.29 is 23.7 Å². The van der Waals surface area contributed by atoms with E-state index < -0.39 is 5.97 Å². The van der Waals surface area contributed by atoms with E-state index in [9.17, 15) is 4.79 Å². The van der Waals surface area contributed by atoms with Gasteiger partial charge in [0.05, 0.1) is 31.0 Å². The van der Waals surface area contributed by atoms with E-state index in [4.69, 9.17) is 18.9 Å². The number of carbonyl (C=O) groups is 1. The highest BCUT2D eigenvalue weighted by atomic mass is 16.6. The fraction of sp³-hybridized carbons (Fsp3) is 0.238. The highest BCUT2D eigenvalue weighted by Gasteiger charge is 2.13. The lowest BCUT2D eigenvalue weighted by molar-refractivity contribution is 0.0449. The highest BCUT2D eigenvalue weighted by Crippen LogP contribution is 2.22. The zero-order valence-corrected chi connectivity index (χ0v) is 15.5. The molecule has 0 saturated heterocycles. The van der Waals surface area contributed by atoms with Crippen LogP contribution in [-0.4, -0.2) is 38.4 Å². The molecule has 0 N–H and O–H groups in total. The molecule has 1 aromatic heterocycles. The first kappa shape index (κ1) is 18.5. The number of esters is 1. The maximum atomic E-state index is 12.4. The van der Waals surface area contributed by atoms with Gasteiger partial charge in [-0.05, 0) is 55.5 Å². The first-order chi connectivity index (χ1) is 13.1. The van der Waals surface area contributed by atoms with Gasteiger partial charge in [0.1, 0.15) is 30.5 Å². The van der Waals surface area contributed by atoms with Crippen molar-refractivity contribution in [2.45, 2.75) is 6.92 Å². The molecule has 0 bridgehead atoms. The van der Waals surface area contributed by atoms with Crippen LogP contribution in [0.5, 0.6) is 17.2 Å². The van der Waals surface area contributed by atoms with Crippen LogP contribution >= 0.6 is 0 Å². The first-order valence-corrected chi connectivity index (χ1v) is 8.50. The average Bonchev–Trinajstić information content (AvgIpc) is 2.70. The summed E-state index contributed by atoms with van der Waals surface area (Å²) in [7, 11) is 3.20. The Kier molecular flexibility index (Phi) is 5.76. The van der Waals surface area contributed by atoms with Gasteiger partial charge in [-0.15, -0.1) is 0 Å². The van der Waals surface area contributed by atoms with Crippen molar-refractivity contribution >= 4 is 16.9 Å². The molecule has 0 amide bonds. The summed E-state index contributed by atoms with van der Waals surface area (Å²) >= 11 is 0. The zero-order chi connectivity index (χ0) is 19.2. The molecule has 0 unspecified atom stereocenters. The van der Waals surface area contributed by atoms with Crippen molar-refractivity contribution in [1.29, 1.82) is 0 Å². The lowest BCUT2D eigenvalue weighted by Crippen LogP contribution is -2.14. The van der Waals surface area contributed by atoms with Crippen LogP contribution in [-0.2, 0) is 4.74 Å². The summed E-state index contributed by atoms with van der Waals surface area (Å²) in [6.07, 6.45) is 0. The minimum atomic E-state index is -0.428. The van der Waals surface area contributed by atoms with Crippen LogP contribution in [0.3, 0.4) is 0 Å². The lowest BCUT2D eigenvalue weighted by Gasteiger charge is -2.10. The summed E-state index contributed by atoms with van der Waals surface area (Å²) in [6.45, 7) is 2.18. The van der Waals surface area contributed by atoms with E-state index in [1.165, 1.54) is 0 Å². The van der Waals surface area contributed by atoms with E-state index in [1.807, 2.05) is 18.2 Å². The maximum absolute atomic E-state index is 12.4.